The molecular formula is C15H22N2O2S. The van der Waals surface area contributed by atoms with Crippen LogP contribution in [0.2, 0.25) is 0 Å². The Bertz CT molecular complexity index is 542. The van der Waals surface area contributed by atoms with E-state index in [1.807, 2.05) is 25.7 Å². The van der Waals surface area contributed by atoms with E-state index < -0.39 is 5.60 Å². The van der Waals surface area contributed by atoms with Gasteiger partial charge in [-0.25, -0.2) is 4.98 Å². The van der Waals surface area contributed by atoms with E-state index in [9.17, 15) is 9.90 Å². The molecule has 4 nitrogen and oxygen atoms in total. The molecule has 0 bridgehead atoms. The van der Waals surface area contributed by atoms with E-state index in [0.29, 0.717) is 0 Å². The Balaban J connectivity index is 1.70. The van der Waals surface area contributed by atoms with Crippen LogP contribution in [0.4, 0.5) is 0 Å². The predicted molar refractivity (Wildman–Crippen MR) is 79.0 cm³/mol. The summed E-state index contributed by atoms with van der Waals surface area (Å²) in [6.45, 7) is 7.30. The first-order chi connectivity index (χ1) is 9.35. The second-order valence-corrected chi connectivity index (χ2v) is 7.70. The van der Waals surface area contributed by atoms with E-state index in [-0.39, 0.29) is 11.3 Å². The molecule has 1 amide bonds. The lowest BCUT2D eigenvalue weighted by atomic mass is 9.53. The van der Waals surface area contributed by atoms with Crippen LogP contribution in [0, 0.1) is 19.3 Å². The average Bonchev–Trinajstić information content (AvgIpc) is 2.76. The molecule has 0 radical (unpaired) electrons. The maximum Gasteiger partial charge on any atom is 0.265 e. The maximum absolute atomic E-state index is 12.5. The number of likely N-dealkylation sites (tertiary alicyclic amines) is 1. The number of carbonyl (C=O) groups is 1. The van der Waals surface area contributed by atoms with Gasteiger partial charge in [0.25, 0.3) is 5.91 Å². The van der Waals surface area contributed by atoms with Gasteiger partial charge in [-0.2, -0.15) is 0 Å². The van der Waals surface area contributed by atoms with Crippen LogP contribution in [0.5, 0.6) is 0 Å². The molecular weight excluding hydrogens is 272 g/mol. The molecule has 1 saturated heterocycles. The Kier molecular flexibility index (Phi) is 3.18. The van der Waals surface area contributed by atoms with Crippen molar-refractivity contribution in [2.45, 2.75) is 52.1 Å². The summed E-state index contributed by atoms with van der Waals surface area (Å²) >= 11 is 1.48. The van der Waals surface area contributed by atoms with E-state index in [4.69, 9.17) is 0 Å². The Morgan fingerprint density at radius 1 is 1.25 bits per heavy atom. The quantitative estimate of drug-likeness (QED) is 0.866. The molecule has 2 aliphatic rings. The van der Waals surface area contributed by atoms with Gasteiger partial charge in [0.2, 0.25) is 0 Å². The number of piperidine rings is 1. The zero-order valence-corrected chi connectivity index (χ0v) is 13.2. The third-order valence-corrected chi connectivity index (χ3v) is 6.40. The van der Waals surface area contributed by atoms with Crippen molar-refractivity contribution in [1.82, 2.24) is 9.88 Å². The van der Waals surface area contributed by atoms with Crippen LogP contribution in [0.1, 0.15) is 53.0 Å². The second kappa shape index (κ2) is 4.53. The highest BCUT2D eigenvalue weighted by molar-refractivity contribution is 7.13. The van der Waals surface area contributed by atoms with Gasteiger partial charge in [-0.15, -0.1) is 11.3 Å². The van der Waals surface area contributed by atoms with Crippen molar-refractivity contribution in [2.75, 3.05) is 13.1 Å². The highest BCUT2D eigenvalue weighted by Gasteiger charge is 2.55. The summed E-state index contributed by atoms with van der Waals surface area (Å²) < 4.78 is 0. The summed E-state index contributed by atoms with van der Waals surface area (Å²) in [5.74, 6) is 0.113. The van der Waals surface area contributed by atoms with E-state index >= 15 is 0 Å². The fourth-order valence-corrected chi connectivity index (χ4v) is 4.53. The number of aliphatic hydroxyl groups is 1. The van der Waals surface area contributed by atoms with Gasteiger partial charge in [-0.3, -0.25) is 4.79 Å². The predicted octanol–water partition coefficient (Wildman–Crippen LogP) is 2.53. The normalized spacial score (nSPS) is 28.5. The van der Waals surface area contributed by atoms with Crippen LogP contribution in [-0.4, -0.2) is 39.6 Å². The van der Waals surface area contributed by atoms with Crippen molar-refractivity contribution in [3.05, 3.63) is 15.6 Å². The van der Waals surface area contributed by atoms with Gasteiger partial charge in [0.1, 0.15) is 4.88 Å². The number of aromatic nitrogens is 1. The molecule has 3 rings (SSSR count). The number of rotatable bonds is 1. The number of aryl methyl sites for hydroxylation is 2. The van der Waals surface area contributed by atoms with Gasteiger partial charge in [0.15, 0.2) is 0 Å². The van der Waals surface area contributed by atoms with Gasteiger partial charge in [0.05, 0.1) is 16.3 Å². The summed E-state index contributed by atoms with van der Waals surface area (Å²) in [5, 5.41) is 11.3. The number of nitrogens with zero attached hydrogens (tertiary/aromatic N) is 2. The molecule has 1 aromatic heterocycles. The number of amides is 1. The third kappa shape index (κ3) is 1.99. The molecule has 1 aromatic rings. The molecule has 1 N–H and O–H groups in total. The second-order valence-electron chi connectivity index (χ2n) is 6.49. The van der Waals surface area contributed by atoms with E-state index in [1.165, 1.54) is 11.3 Å². The van der Waals surface area contributed by atoms with Gasteiger partial charge < -0.3 is 10.0 Å². The molecule has 20 heavy (non-hydrogen) atoms. The van der Waals surface area contributed by atoms with E-state index in [1.54, 1.807) is 0 Å². The topological polar surface area (TPSA) is 53.4 Å². The molecule has 1 aliphatic heterocycles. The summed E-state index contributed by atoms with van der Waals surface area (Å²) in [6, 6.07) is 0. The maximum atomic E-state index is 12.5. The molecule has 2 fully saturated rings. The molecule has 2 heterocycles. The first kappa shape index (κ1) is 14.0. The summed E-state index contributed by atoms with van der Waals surface area (Å²) in [7, 11) is 0. The monoisotopic (exact) mass is 294 g/mol. The minimum absolute atomic E-state index is 0.0580. The highest BCUT2D eigenvalue weighted by atomic mass is 32.1. The first-order valence-corrected chi connectivity index (χ1v) is 8.12. The summed E-state index contributed by atoms with van der Waals surface area (Å²) in [6.07, 6.45) is 3.83. The van der Waals surface area contributed by atoms with Gasteiger partial charge >= 0.3 is 0 Å². The Morgan fingerprint density at radius 3 is 2.30 bits per heavy atom. The molecule has 1 unspecified atom stereocenters. The van der Waals surface area contributed by atoms with Crippen LogP contribution >= 0.6 is 11.3 Å². The van der Waals surface area contributed by atoms with Crippen molar-refractivity contribution in [3.63, 3.8) is 0 Å². The molecule has 5 heteroatoms. The zero-order chi connectivity index (χ0) is 14.5. The fourth-order valence-electron chi connectivity index (χ4n) is 3.64. The summed E-state index contributed by atoms with van der Waals surface area (Å²) in [5.41, 5.74) is 0.370. The standard InChI is InChI=1S/C15H22N2O2S/c1-10-12(20-11(2)16-10)13(18)17-8-6-15(7-9-17)5-4-14(15,3)19/h19H,4-9H2,1-3H3. The lowest BCUT2D eigenvalue weighted by molar-refractivity contribution is -0.174. The van der Waals surface area contributed by atoms with Crippen LogP contribution in [0.3, 0.4) is 0 Å². The smallest absolute Gasteiger partial charge is 0.265 e. The molecule has 110 valence electrons. The van der Waals surface area contributed by atoms with E-state index in [0.717, 1.165) is 54.4 Å². The van der Waals surface area contributed by atoms with Crippen molar-refractivity contribution in [1.29, 1.82) is 0 Å². The molecule has 0 aromatic carbocycles. The number of hydrogen-bond acceptors (Lipinski definition) is 4. The zero-order valence-electron chi connectivity index (χ0n) is 12.4. The number of carbonyl (C=O) groups excluding carboxylic acids is 1. The minimum Gasteiger partial charge on any atom is -0.390 e. The largest absolute Gasteiger partial charge is 0.390 e. The van der Waals surface area contributed by atoms with Gasteiger partial charge in [-0.05, 0) is 46.5 Å². The van der Waals surface area contributed by atoms with E-state index in [2.05, 4.69) is 4.98 Å². The van der Waals surface area contributed by atoms with Crippen molar-refractivity contribution < 1.29 is 9.90 Å². The Hall–Kier alpha value is -0.940. The van der Waals surface area contributed by atoms with Crippen LogP contribution in [-0.2, 0) is 0 Å². The molecule has 1 atom stereocenters. The summed E-state index contributed by atoms with van der Waals surface area (Å²) in [4.78, 5) is 19.6. The fraction of sp³-hybridized carbons (Fsp3) is 0.733. The van der Waals surface area contributed by atoms with Crippen molar-refractivity contribution >= 4 is 17.2 Å². The molecule has 1 aliphatic carbocycles. The van der Waals surface area contributed by atoms with Crippen LogP contribution in [0.15, 0.2) is 0 Å². The lowest BCUT2D eigenvalue weighted by Crippen LogP contribution is -2.60. The van der Waals surface area contributed by atoms with Crippen molar-refractivity contribution in [3.8, 4) is 0 Å². The first-order valence-electron chi connectivity index (χ1n) is 7.30. The Morgan fingerprint density at radius 2 is 1.90 bits per heavy atom. The lowest BCUT2D eigenvalue weighted by Gasteiger charge is -2.58. The van der Waals surface area contributed by atoms with Crippen LogP contribution in [0.25, 0.3) is 0 Å². The SMILES string of the molecule is Cc1nc(C)c(C(=O)N2CCC3(CC2)CCC3(C)O)s1. The third-order valence-electron chi connectivity index (χ3n) is 5.34. The van der Waals surface area contributed by atoms with Gasteiger partial charge in [0, 0.05) is 18.5 Å². The van der Waals surface area contributed by atoms with Gasteiger partial charge in [-0.1, -0.05) is 0 Å². The Labute approximate surface area is 123 Å². The average molecular weight is 294 g/mol. The number of hydrogen-bond donors (Lipinski definition) is 1. The highest BCUT2D eigenvalue weighted by Crippen LogP contribution is 2.56. The van der Waals surface area contributed by atoms with Crippen LogP contribution < -0.4 is 0 Å². The molecule has 1 spiro atoms. The minimum atomic E-state index is -0.529. The van der Waals surface area contributed by atoms with Crippen molar-refractivity contribution in [2.24, 2.45) is 5.41 Å². The molecule has 1 saturated carbocycles. The number of thiazole rings is 1.